The number of phenolic OH excluding ortho intramolecular Hbond substituents is 1. The minimum Gasteiger partial charge on any atom is -0.508 e. The molecule has 6 heteroatoms. The van der Waals surface area contributed by atoms with Crippen molar-refractivity contribution in [1.29, 1.82) is 0 Å². The molecule has 0 aromatic heterocycles. The molecule has 2 aliphatic rings. The number of carbonyl (C=O) groups excluding carboxylic acids is 2. The third-order valence-corrected chi connectivity index (χ3v) is 4.55. The quantitative estimate of drug-likeness (QED) is 0.922. The number of piperazine rings is 1. The van der Waals surface area contributed by atoms with Crippen molar-refractivity contribution in [1.82, 2.24) is 9.80 Å². The second-order valence-electron chi connectivity index (χ2n) is 6.05. The Balaban J connectivity index is 1.51. The van der Waals surface area contributed by atoms with Gasteiger partial charge in [0.05, 0.1) is 6.61 Å². The number of hydrogen-bond acceptors (Lipinski definition) is 4. The molecule has 0 bridgehead atoms. The molecule has 0 radical (unpaired) electrons. The summed E-state index contributed by atoms with van der Waals surface area (Å²) >= 11 is 0. The van der Waals surface area contributed by atoms with Crippen LogP contribution >= 0.6 is 0 Å². The van der Waals surface area contributed by atoms with Gasteiger partial charge in [0.25, 0.3) is 0 Å². The standard InChI is InChI=1S/C17H22N2O4/c1-2-23-17(22)19-9-7-18(8-10-19)16(21)15-11-14(15)12-3-5-13(20)6-4-12/h3-6,14-15,20H,2,7-11H2,1H3. The fourth-order valence-electron chi connectivity index (χ4n) is 3.12. The first-order valence-corrected chi connectivity index (χ1v) is 8.09. The summed E-state index contributed by atoms with van der Waals surface area (Å²) in [6, 6.07) is 7.08. The second kappa shape index (κ2) is 6.48. The van der Waals surface area contributed by atoms with E-state index in [1.54, 1.807) is 24.0 Å². The fraction of sp³-hybridized carbons (Fsp3) is 0.529. The number of aromatic hydroxyl groups is 1. The maximum atomic E-state index is 12.6. The Morgan fingerprint density at radius 1 is 1.13 bits per heavy atom. The number of hydrogen-bond donors (Lipinski definition) is 1. The number of ether oxygens (including phenoxy) is 1. The molecule has 0 spiro atoms. The van der Waals surface area contributed by atoms with Gasteiger partial charge in [-0.15, -0.1) is 0 Å². The highest BCUT2D eigenvalue weighted by molar-refractivity contribution is 5.83. The lowest BCUT2D eigenvalue weighted by Gasteiger charge is -2.34. The van der Waals surface area contributed by atoms with Crippen LogP contribution in [0.4, 0.5) is 4.79 Å². The van der Waals surface area contributed by atoms with Gasteiger partial charge in [0.15, 0.2) is 0 Å². The number of benzene rings is 1. The van der Waals surface area contributed by atoms with E-state index in [4.69, 9.17) is 4.74 Å². The molecule has 1 aromatic carbocycles. The van der Waals surface area contributed by atoms with Crippen molar-refractivity contribution in [3.8, 4) is 5.75 Å². The average Bonchev–Trinajstić information content (AvgIpc) is 3.36. The van der Waals surface area contributed by atoms with E-state index >= 15 is 0 Å². The van der Waals surface area contributed by atoms with Crippen molar-refractivity contribution >= 4 is 12.0 Å². The third kappa shape index (κ3) is 3.41. The summed E-state index contributed by atoms with van der Waals surface area (Å²) < 4.78 is 4.98. The van der Waals surface area contributed by atoms with Crippen LogP contribution in [-0.2, 0) is 9.53 Å². The highest BCUT2D eigenvalue weighted by Crippen LogP contribution is 2.48. The zero-order valence-electron chi connectivity index (χ0n) is 13.3. The van der Waals surface area contributed by atoms with Crippen LogP contribution in [0.1, 0.15) is 24.8 Å². The molecule has 23 heavy (non-hydrogen) atoms. The molecule has 1 heterocycles. The van der Waals surface area contributed by atoms with Crippen molar-refractivity contribution in [3.63, 3.8) is 0 Å². The average molecular weight is 318 g/mol. The number of nitrogens with zero attached hydrogens (tertiary/aromatic N) is 2. The molecule has 1 aliphatic heterocycles. The molecule has 1 aromatic rings. The molecule has 124 valence electrons. The van der Waals surface area contributed by atoms with Crippen LogP contribution in [0.2, 0.25) is 0 Å². The van der Waals surface area contributed by atoms with Crippen LogP contribution in [0.25, 0.3) is 0 Å². The van der Waals surface area contributed by atoms with Crippen LogP contribution in [0.3, 0.4) is 0 Å². The normalized spacial score (nSPS) is 23.5. The van der Waals surface area contributed by atoms with E-state index in [1.165, 1.54) is 0 Å². The van der Waals surface area contributed by atoms with E-state index in [1.807, 2.05) is 17.0 Å². The summed E-state index contributed by atoms with van der Waals surface area (Å²) in [6.07, 6.45) is 0.565. The van der Waals surface area contributed by atoms with Gasteiger partial charge >= 0.3 is 6.09 Å². The Bertz CT molecular complexity index is 579. The predicted molar refractivity (Wildman–Crippen MR) is 84.1 cm³/mol. The predicted octanol–water partition coefficient (Wildman–Crippen LogP) is 1.80. The summed E-state index contributed by atoms with van der Waals surface area (Å²) in [6.45, 7) is 4.35. The highest BCUT2D eigenvalue weighted by atomic mass is 16.6. The first kappa shape index (κ1) is 15.6. The Morgan fingerprint density at radius 3 is 2.35 bits per heavy atom. The summed E-state index contributed by atoms with van der Waals surface area (Å²) in [5.74, 6) is 0.707. The molecule has 2 atom stereocenters. The lowest BCUT2D eigenvalue weighted by atomic mass is 10.1. The molecule has 1 saturated heterocycles. The van der Waals surface area contributed by atoms with Gasteiger partial charge in [-0.3, -0.25) is 4.79 Å². The number of amides is 2. The van der Waals surface area contributed by atoms with Gasteiger partial charge in [0, 0.05) is 32.1 Å². The van der Waals surface area contributed by atoms with Crippen molar-refractivity contribution in [2.75, 3.05) is 32.8 Å². The van der Waals surface area contributed by atoms with Crippen LogP contribution in [0.15, 0.2) is 24.3 Å². The maximum Gasteiger partial charge on any atom is 0.409 e. The van der Waals surface area contributed by atoms with Gasteiger partial charge < -0.3 is 19.6 Å². The Labute approximate surface area is 135 Å². The largest absolute Gasteiger partial charge is 0.508 e. The van der Waals surface area contributed by atoms with E-state index in [0.29, 0.717) is 32.8 Å². The van der Waals surface area contributed by atoms with Gasteiger partial charge in [0.2, 0.25) is 5.91 Å². The Morgan fingerprint density at radius 2 is 1.74 bits per heavy atom. The highest BCUT2D eigenvalue weighted by Gasteiger charge is 2.46. The van der Waals surface area contributed by atoms with Gasteiger partial charge in [-0.05, 0) is 37.0 Å². The molecule has 2 amide bonds. The smallest absolute Gasteiger partial charge is 0.409 e. The molecular formula is C17H22N2O4. The summed E-state index contributed by atoms with van der Waals surface area (Å²) in [5, 5.41) is 9.33. The Hall–Kier alpha value is -2.24. The van der Waals surface area contributed by atoms with Crippen LogP contribution in [0.5, 0.6) is 5.75 Å². The van der Waals surface area contributed by atoms with Crippen molar-refractivity contribution < 1.29 is 19.4 Å². The first-order valence-electron chi connectivity index (χ1n) is 8.09. The molecule has 1 N–H and O–H groups in total. The third-order valence-electron chi connectivity index (χ3n) is 4.55. The number of rotatable bonds is 3. The number of carbonyl (C=O) groups is 2. The second-order valence-corrected chi connectivity index (χ2v) is 6.05. The zero-order chi connectivity index (χ0) is 16.4. The van der Waals surface area contributed by atoms with Gasteiger partial charge in [0.1, 0.15) is 5.75 Å². The zero-order valence-corrected chi connectivity index (χ0v) is 13.3. The molecule has 1 saturated carbocycles. The molecule has 3 rings (SSSR count). The van der Waals surface area contributed by atoms with Crippen molar-refractivity contribution in [3.05, 3.63) is 29.8 Å². The van der Waals surface area contributed by atoms with Crippen molar-refractivity contribution in [2.45, 2.75) is 19.3 Å². The molecule has 1 aliphatic carbocycles. The molecule has 2 unspecified atom stereocenters. The summed E-state index contributed by atoms with van der Waals surface area (Å²) in [5.41, 5.74) is 1.10. The van der Waals surface area contributed by atoms with E-state index < -0.39 is 0 Å². The SMILES string of the molecule is CCOC(=O)N1CCN(C(=O)C2CC2c2ccc(O)cc2)CC1. The molecule has 2 fully saturated rings. The molecule has 6 nitrogen and oxygen atoms in total. The van der Waals surface area contributed by atoms with Crippen molar-refractivity contribution in [2.24, 2.45) is 5.92 Å². The number of phenols is 1. The summed E-state index contributed by atoms with van der Waals surface area (Å²) in [7, 11) is 0. The minimum absolute atomic E-state index is 0.0358. The topological polar surface area (TPSA) is 70.1 Å². The van der Waals surface area contributed by atoms with E-state index in [0.717, 1.165) is 12.0 Å². The fourth-order valence-corrected chi connectivity index (χ4v) is 3.12. The van der Waals surface area contributed by atoms with E-state index in [-0.39, 0.29) is 29.6 Å². The van der Waals surface area contributed by atoms with Crippen LogP contribution in [0, 0.1) is 5.92 Å². The van der Waals surface area contributed by atoms with Crippen LogP contribution < -0.4 is 0 Å². The maximum absolute atomic E-state index is 12.6. The minimum atomic E-state index is -0.298. The van der Waals surface area contributed by atoms with Crippen LogP contribution in [-0.4, -0.2) is 59.7 Å². The first-order chi connectivity index (χ1) is 11.1. The van der Waals surface area contributed by atoms with Gasteiger partial charge in [-0.25, -0.2) is 4.79 Å². The Kier molecular flexibility index (Phi) is 4.41. The van der Waals surface area contributed by atoms with Gasteiger partial charge in [-0.1, -0.05) is 12.1 Å². The summed E-state index contributed by atoms with van der Waals surface area (Å²) in [4.78, 5) is 27.7. The van der Waals surface area contributed by atoms with E-state index in [9.17, 15) is 14.7 Å². The monoisotopic (exact) mass is 318 g/mol. The lowest BCUT2D eigenvalue weighted by Crippen LogP contribution is -2.51. The van der Waals surface area contributed by atoms with Gasteiger partial charge in [-0.2, -0.15) is 0 Å². The van der Waals surface area contributed by atoms with E-state index in [2.05, 4.69) is 0 Å². The molecular weight excluding hydrogens is 296 g/mol. The lowest BCUT2D eigenvalue weighted by molar-refractivity contribution is -0.134.